The van der Waals surface area contributed by atoms with Gasteiger partial charge in [-0.3, -0.25) is 4.79 Å². The normalized spacial score (nSPS) is 17.4. The molecule has 0 saturated carbocycles. The van der Waals surface area contributed by atoms with Crippen LogP contribution in [0.4, 0.5) is 0 Å². The van der Waals surface area contributed by atoms with Gasteiger partial charge in [-0.1, -0.05) is 23.7 Å². The zero-order chi connectivity index (χ0) is 16.3. The highest BCUT2D eigenvalue weighted by Crippen LogP contribution is 2.23. The van der Waals surface area contributed by atoms with Gasteiger partial charge in [0.1, 0.15) is 0 Å². The molecular weight excluding hydrogens is 324 g/mol. The van der Waals surface area contributed by atoms with Gasteiger partial charge in [-0.25, -0.2) is 12.7 Å². The number of amides is 1. The second-order valence-corrected chi connectivity index (χ2v) is 8.19. The second kappa shape index (κ2) is 6.98. The predicted octanol–water partition coefficient (Wildman–Crippen LogP) is 1.97. The van der Waals surface area contributed by atoms with Crippen molar-refractivity contribution in [2.24, 2.45) is 5.92 Å². The number of nitrogens with zero attached hydrogens (tertiary/aromatic N) is 2. The van der Waals surface area contributed by atoms with Crippen LogP contribution >= 0.6 is 11.6 Å². The zero-order valence-corrected chi connectivity index (χ0v) is 14.4. The van der Waals surface area contributed by atoms with E-state index in [1.165, 1.54) is 4.31 Å². The van der Waals surface area contributed by atoms with E-state index >= 15 is 0 Å². The summed E-state index contributed by atoms with van der Waals surface area (Å²) in [5.41, 5.74) is 0.718. The lowest BCUT2D eigenvalue weighted by molar-refractivity contribution is -0.134. The Labute approximate surface area is 136 Å². The summed E-state index contributed by atoms with van der Waals surface area (Å²) < 4.78 is 26.4. The van der Waals surface area contributed by atoms with E-state index in [-0.39, 0.29) is 17.6 Å². The maximum Gasteiger partial charge on any atom is 0.225 e. The molecule has 1 aliphatic heterocycles. The number of carbonyl (C=O) groups is 1. The molecule has 0 radical (unpaired) electrons. The number of rotatable bonds is 4. The molecule has 1 aliphatic rings. The summed E-state index contributed by atoms with van der Waals surface area (Å²) in [6.45, 7) is 0.806. The van der Waals surface area contributed by atoms with Gasteiger partial charge in [-0.05, 0) is 30.5 Å². The van der Waals surface area contributed by atoms with Crippen LogP contribution < -0.4 is 0 Å². The summed E-state index contributed by atoms with van der Waals surface area (Å²) in [7, 11) is 0.103. The van der Waals surface area contributed by atoms with Crippen molar-refractivity contribution in [3.05, 3.63) is 34.9 Å². The first-order chi connectivity index (χ1) is 10.3. The van der Waals surface area contributed by atoms with Gasteiger partial charge in [0.05, 0.1) is 5.75 Å². The van der Waals surface area contributed by atoms with Gasteiger partial charge in [0.25, 0.3) is 0 Å². The number of hydrogen-bond acceptors (Lipinski definition) is 3. The fourth-order valence-corrected chi connectivity index (χ4v) is 4.32. The van der Waals surface area contributed by atoms with Crippen LogP contribution in [0.1, 0.15) is 18.4 Å². The standard InChI is InChI=1S/C15H21ClN2O3S/c1-17(2)15(19)13-7-9-18(10-8-13)22(20,21)11-12-3-5-14(16)6-4-12/h3-6,13H,7-11H2,1-2H3. The van der Waals surface area contributed by atoms with Crippen molar-refractivity contribution in [2.75, 3.05) is 27.2 Å². The summed E-state index contributed by atoms with van der Waals surface area (Å²) in [6, 6.07) is 6.83. The Morgan fingerprint density at radius 3 is 2.27 bits per heavy atom. The van der Waals surface area contributed by atoms with Crippen LogP contribution in [0, 0.1) is 5.92 Å². The van der Waals surface area contributed by atoms with E-state index in [4.69, 9.17) is 11.6 Å². The average Bonchev–Trinajstić information content (AvgIpc) is 2.48. The van der Waals surface area contributed by atoms with Crippen molar-refractivity contribution in [1.29, 1.82) is 0 Å². The van der Waals surface area contributed by atoms with E-state index in [2.05, 4.69) is 0 Å². The number of carbonyl (C=O) groups excluding carboxylic acids is 1. The molecule has 122 valence electrons. The molecular formula is C15H21ClN2O3S. The quantitative estimate of drug-likeness (QED) is 0.839. The maximum atomic E-state index is 12.4. The lowest BCUT2D eigenvalue weighted by atomic mass is 9.97. The zero-order valence-electron chi connectivity index (χ0n) is 12.8. The van der Waals surface area contributed by atoms with Gasteiger partial charge >= 0.3 is 0 Å². The molecule has 1 fully saturated rings. The van der Waals surface area contributed by atoms with E-state index in [1.807, 2.05) is 0 Å². The Morgan fingerprint density at radius 1 is 1.23 bits per heavy atom. The number of halogens is 1. The molecule has 0 N–H and O–H groups in total. The summed E-state index contributed by atoms with van der Waals surface area (Å²) in [5.74, 6) is -0.0251. The molecule has 22 heavy (non-hydrogen) atoms. The molecule has 0 spiro atoms. The summed E-state index contributed by atoms with van der Waals surface area (Å²) in [5, 5.41) is 0.587. The molecule has 7 heteroatoms. The van der Waals surface area contributed by atoms with Gasteiger partial charge in [0, 0.05) is 38.1 Å². The van der Waals surface area contributed by atoms with E-state index < -0.39 is 10.0 Å². The van der Waals surface area contributed by atoms with E-state index in [0.717, 1.165) is 5.56 Å². The van der Waals surface area contributed by atoms with Gasteiger partial charge in [0.2, 0.25) is 15.9 Å². The second-order valence-electron chi connectivity index (χ2n) is 5.79. The number of hydrogen-bond donors (Lipinski definition) is 0. The van der Waals surface area contributed by atoms with Crippen molar-refractivity contribution >= 4 is 27.5 Å². The number of benzene rings is 1. The van der Waals surface area contributed by atoms with Crippen LogP contribution in [0.5, 0.6) is 0 Å². The molecule has 0 unspecified atom stereocenters. The van der Waals surface area contributed by atoms with Crippen LogP contribution in [-0.2, 0) is 20.6 Å². The molecule has 0 atom stereocenters. The lowest BCUT2D eigenvalue weighted by Gasteiger charge is -2.31. The van der Waals surface area contributed by atoms with Crippen molar-refractivity contribution in [3.8, 4) is 0 Å². The summed E-state index contributed by atoms with van der Waals surface area (Å²) in [4.78, 5) is 13.5. The minimum Gasteiger partial charge on any atom is -0.349 e. The maximum absolute atomic E-state index is 12.4. The van der Waals surface area contributed by atoms with Gasteiger partial charge in [0.15, 0.2) is 0 Å². The largest absolute Gasteiger partial charge is 0.349 e. The first-order valence-electron chi connectivity index (χ1n) is 7.23. The van der Waals surface area contributed by atoms with Crippen molar-refractivity contribution in [1.82, 2.24) is 9.21 Å². The Kier molecular flexibility index (Phi) is 5.47. The molecule has 1 heterocycles. The van der Waals surface area contributed by atoms with Crippen molar-refractivity contribution < 1.29 is 13.2 Å². The van der Waals surface area contributed by atoms with Crippen LogP contribution in [0.3, 0.4) is 0 Å². The van der Waals surface area contributed by atoms with E-state index in [1.54, 1.807) is 43.3 Å². The van der Waals surface area contributed by atoms with Crippen LogP contribution in [0.2, 0.25) is 5.02 Å². The molecule has 0 bridgehead atoms. The topological polar surface area (TPSA) is 57.7 Å². The molecule has 1 amide bonds. The first kappa shape index (κ1) is 17.2. The summed E-state index contributed by atoms with van der Waals surface area (Å²) in [6.07, 6.45) is 1.16. The fraction of sp³-hybridized carbons (Fsp3) is 0.533. The number of sulfonamides is 1. The molecule has 0 aliphatic carbocycles. The molecule has 0 aromatic heterocycles. The minimum atomic E-state index is -3.35. The van der Waals surface area contributed by atoms with Crippen LogP contribution in [0.15, 0.2) is 24.3 Å². The Bertz CT molecular complexity index is 621. The van der Waals surface area contributed by atoms with Crippen LogP contribution in [-0.4, -0.2) is 50.7 Å². The molecule has 1 aromatic carbocycles. The third kappa shape index (κ3) is 4.21. The minimum absolute atomic E-state index is 0.0313. The monoisotopic (exact) mass is 344 g/mol. The van der Waals surface area contributed by atoms with Crippen LogP contribution in [0.25, 0.3) is 0 Å². The smallest absolute Gasteiger partial charge is 0.225 e. The third-order valence-electron chi connectivity index (χ3n) is 3.90. The Balaban J connectivity index is 1.97. The fourth-order valence-electron chi connectivity index (χ4n) is 2.63. The third-order valence-corrected chi connectivity index (χ3v) is 6.00. The summed E-state index contributed by atoms with van der Waals surface area (Å²) >= 11 is 5.81. The van der Waals surface area contributed by atoms with Gasteiger partial charge in [-0.2, -0.15) is 0 Å². The highest BCUT2D eigenvalue weighted by Gasteiger charge is 2.31. The highest BCUT2D eigenvalue weighted by atomic mass is 35.5. The van der Waals surface area contributed by atoms with Crippen molar-refractivity contribution in [3.63, 3.8) is 0 Å². The van der Waals surface area contributed by atoms with Gasteiger partial charge < -0.3 is 4.90 Å². The predicted molar refractivity (Wildman–Crippen MR) is 87.1 cm³/mol. The molecule has 1 aromatic rings. The molecule has 2 rings (SSSR count). The lowest BCUT2D eigenvalue weighted by Crippen LogP contribution is -2.43. The average molecular weight is 345 g/mol. The molecule has 1 saturated heterocycles. The SMILES string of the molecule is CN(C)C(=O)C1CCN(S(=O)(=O)Cc2ccc(Cl)cc2)CC1. The van der Waals surface area contributed by atoms with E-state index in [9.17, 15) is 13.2 Å². The Hall–Kier alpha value is -1.11. The number of piperidine rings is 1. The van der Waals surface area contributed by atoms with E-state index in [0.29, 0.717) is 31.0 Å². The van der Waals surface area contributed by atoms with Crippen molar-refractivity contribution in [2.45, 2.75) is 18.6 Å². The molecule has 5 nitrogen and oxygen atoms in total. The van der Waals surface area contributed by atoms with Gasteiger partial charge in [-0.15, -0.1) is 0 Å². The Morgan fingerprint density at radius 2 is 1.77 bits per heavy atom. The highest BCUT2D eigenvalue weighted by molar-refractivity contribution is 7.88. The first-order valence-corrected chi connectivity index (χ1v) is 9.22.